The Bertz CT molecular complexity index is 324. The normalized spacial score (nSPS) is 12.2. The number of unbranched alkanes of at least 4 members (excludes halogenated alkanes) is 1. The van der Waals surface area contributed by atoms with Crippen LogP contribution in [0.2, 0.25) is 0 Å². The highest BCUT2D eigenvalue weighted by Crippen LogP contribution is 2.12. The lowest BCUT2D eigenvalue weighted by atomic mass is 10.1. The van der Waals surface area contributed by atoms with Gasteiger partial charge in [-0.05, 0) is 12.0 Å². The van der Waals surface area contributed by atoms with Crippen LogP contribution in [-0.2, 0) is 4.79 Å². The van der Waals surface area contributed by atoms with E-state index < -0.39 is 6.04 Å². The number of rotatable bonds is 5. The smallest absolute Gasteiger partial charge is 0.243 e. The molecule has 0 saturated heterocycles. The molecule has 1 aromatic carbocycles. The molecule has 0 aromatic heterocycles. The number of nitrogens with two attached hydrogens (primary N) is 1. The van der Waals surface area contributed by atoms with Crippen molar-refractivity contribution in [2.24, 2.45) is 5.73 Å². The summed E-state index contributed by atoms with van der Waals surface area (Å²) >= 11 is 0. The Morgan fingerprint density at radius 1 is 1.38 bits per heavy atom. The van der Waals surface area contributed by atoms with Gasteiger partial charge in [-0.2, -0.15) is 0 Å². The molecular weight excluding hydrogens is 200 g/mol. The van der Waals surface area contributed by atoms with E-state index in [4.69, 9.17) is 5.73 Å². The van der Waals surface area contributed by atoms with E-state index in [-0.39, 0.29) is 5.91 Å². The molecule has 1 rings (SSSR count). The van der Waals surface area contributed by atoms with Crippen LogP contribution < -0.4 is 5.73 Å². The molecule has 0 aliphatic carbocycles. The minimum atomic E-state index is -0.539. The number of carbonyl (C=O) groups excluding carboxylic acids is 1. The van der Waals surface area contributed by atoms with Gasteiger partial charge in [0, 0.05) is 13.6 Å². The van der Waals surface area contributed by atoms with Gasteiger partial charge in [0.25, 0.3) is 0 Å². The lowest BCUT2D eigenvalue weighted by Crippen LogP contribution is -2.36. The summed E-state index contributed by atoms with van der Waals surface area (Å²) in [5, 5.41) is 0. The Kier molecular flexibility index (Phi) is 4.99. The van der Waals surface area contributed by atoms with Gasteiger partial charge in [-0.3, -0.25) is 4.79 Å². The molecule has 0 bridgehead atoms. The van der Waals surface area contributed by atoms with Gasteiger partial charge in [-0.25, -0.2) is 0 Å². The van der Waals surface area contributed by atoms with Crippen molar-refractivity contribution in [1.29, 1.82) is 0 Å². The molecule has 3 nitrogen and oxygen atoms in total. The number of hydrogen-bond acceptors (Lipinski definition) is 2. The number of amides is 1. The highest BCUT2D eigenvalue weighted by Gasteiger charge is 2.18. The van der Waals surface area contributed by atoms with Crippen molar-refractivity contribution < 1.29 is 4.79 Å². The van der Waals surface area contributed by atoms with Crippen molar-refractivity contribution in [1.82, 2.24) is 4.90 Å². The highest BCUT2D eigenvalue weighted by molar-refractivity contribution is 5.82. The third kappa shape index (κ3) is 3.35. The summed E-state index contributed by atoms with van der Waals surface area (Å²) < 4.78 is 0. The van der Waals surface area contributed by atoms with Crippen LogP contribution in [0.15, 0.2) is 30.3 Å². The topological polar surface area (TPSA) is 46.3 Å². The summed E-state index contributed by atoms with van der Waals surface area (Å²) in [4.78, 5) is 13.7. The first-order valence-electron chi connectivity index (χ1n) is 5.72. The minimum Gasteiger partial charge on any atom is -0.344 e. The van der Waals surface area contributed by atoms with Gasteiger partial charge in [0.1, 0.15) is 6.04 Å². The molecule has 1 atom stereocenters. The SMILES string of the molecule is CCCCN(C)C(=O)[C@@H](N)c1ccccc1. The maximum atomic E-state index is 12.0. The molecule has 0 heterocycles. The predicted molar refractivity (Wildman–Crippen MR) is 65.9 cm³/mol. The van der Waals surface area contributed by atoms with E-state index in [1.165, 1.54) is 0 Å². The molecule has 1 aromatic rings. The number of likely N-dealkylation sites (N-methyl/N-ethyl adjacent to an activating group) is 1. The summed E-state index contributed by atoms with van der Waals surface area (Å²) in [6.07, 6.45) is 2.10. The van der Waals surface area contributed by atoms with Gasteiger partial charge in [0.05, 0.1) is 0 Å². The van der Waals surface area contributed by atoms with Crippen molar-refractivity contribution >= 4 is 5.91 Å². The van der Waals surface area contributed by atoms with Crippen molar-refractivity contribution in [3.63, 3.8) is 0 Å². The zero-order chi connectivity index (χ0) is 12.0. The zero-order valence-electron chi connectivity index (χ0n) is 10.0. The lowest BCUT2D eigenvalue weighted by molar-refractivity contribution is -0.131. The second-order valence-corrected chi connectivity index (χ2v) is 4.00. The van der Waals surface area contributed by atoms with Gasteiger partial charge in [-0.15, -0.1) is 0 Å². The third-order valence-electron chi connectivity index (χ3n) is 2.65. The summed E-state index contributed by atoms with van der Waals surface area (Å²) in [5.41, 5.74) is 6.79. The Morgan fingerprint density at radius 2 is 2.00 bits per heavy atom. The first-order valence-corrected chi connectivity index (χ1v) is 5.72. The molecular formula is C13H20N2O. The monoisotopic (exact) mass is 220 g/mol. The fraction of sp³-hybridized carbons (Fsp3) is 0.462. The van der Waals surface area contributed by atoms with E-state index in [1.54, 1.807) is 11.9 Å². The van der Waals surface area contributed by atoms with Gasteiger partial charge in [-0.1, -0.05) is 43.7 Å². The number of benzene rings is 1. The Morgan fingerprint density at radius 3 is 2.56 bits per heavy atom. The molecule has 0 aliphatic rings. The average molecular weight is 220 g/mol. The van der Waals surface area contributed by atoms with Crippen molar-refractivity contribution in [2.75, 3.05) is 13.6 Å². The molecule has 0 unspecified atom stereocenters. The van der Waals surface area contributed by atoms with Crippen LogP contribution >= 0.6 is 0 Å². The summed E-state index contributed by atoms with van der Waals surface area (Å²) in [7, 11) is 1.81. The van der Waals surface area contributed by atoms with Gasteiger partial charge < -0.3 is 10.6 Å². The van der Waals surface area contributed by atoms with Gasteiger partial charge in [0.15, 0.2) is 0 Å². The Balaban J connectivity index is 2.60. The summed E-state index contributed by atoms with van der Waals surface area (Å²) in [6.45, 7) is 2.88. The molecule has 1 amide bonds. The van der Waals surface area contributed by atoms with Crippen LogP contribution in [0.4, 0.5) is 0 Å². The van der Waals surface area contributed by atoms with Gasteiger partial charge in [0.2, 0.25) is 5.91 Å². The Labute approximate surface area is 97.2 Å². The van der Waals surface area contributed by atoms with E-state index in [0.29, 0.717) is 0 Å². The standard InChI is InChI=1S/C13H20N2O/c1-3-4-10-15(2)13(16)12(14)11-8-6-5-7-9-11/h5-9,12H,3-4,10,14H2,1-2H3/t12-/m0/s1. The zero-order valence-corrected chi connectivity index (χ0v) is 10.0. The van der Waals surface area contributed by atoms with Crippen LogP contribution in [-0.4, -0.2) is 24.4 Å². The van der Waals surface area contributed by atoms with E-state index in [1.807, 2.05) is 30.3 Å². The van der Waals surface area contributed by atoms with E-state index in [0.717, 1.165) is 24.9 Å². The average Bonchev–Trinajstić information content (AvgIpc) is 2.35. The molecule has 0 fully saturated rings. The van der Waals surface area contributed by atoms with Crippen molar-refractivity contribution in [3.8, 4) is 0 Å². The molecule has 2 N–H and O–H groups in total. The fourth-order valence-corrected chi connectivity index (χ4v) is 1.55. The molecule has 0 aliphatic heterocycles. The lowest BCUT2D eigenvalue weighted by Gasteiger charge is -2.21. The second kappa shape index (κ2) is 6.28. The third-order valence-corrected chi connectivity index (χ3v) is 2.65. The molecule has 88 valence electrons. The maximum absolute atomic E-state index is 12.0. The quantitative estimate of drug-likeness (QED) is 0.824. The first kappa shape index (κ1) is 12.7. The van der Waals surface area contributed by atoms with Crippen LogP contribution in [0.5, 0.6) is 0 Å². The Hall–Kier alpha value is -1.35. The minimum absolute atomic E-state index is 0.0142. The largest absolute Gasteiger partial charge is 0.344 e. The predicted octanol–water partition coefficient (Wildman–Crippen LogP) is 1.94. The van der Waals surface area contributed by atoms with Crippen LogP contribution in [0, 0.1) is 0 Å². The maximum Gasteiger partial charge on any atom is 0.243 e. The molecule has 16 heavy (non-hydrogen) atoms. The summed E-state index contributed by atoms with van der Waals surface area (Å²) in [5.74, 6) is -0.0142. The molecule has 3 heteroatoms. The molecule has 0 spiro atoms. The van der Waals surface area contributed by atoms with E-state index in [9.17, 15) is 4.79 Å². The number of carbonyl (C=O) groups is 1. The number of nitrogens with zero attached hydrogens (tertiary/aromatic N) is 1. The number of hydrogen-bond donors (Lipinski definition) is 1. The van der Waals surface area contributed by atoms with Crippen LogP contribution in [0.1, 0.15) is 31.4 Å². The first-order chi connectivity index (χ1) is 7.66. The molecule has 0 radical (unpaired) electrons. The van der Waals surface area contributed by atoms with E-state index >= 15 is 0 Å². The summed E-state index contributed by atoms with van der Waals surface area (Å²) in [6, 6.07) is 8.94. The molecule has 0 saturated carbocycles. The fourth-order valence-electron chi connectivity index (χ4n) is 1.55. The van der Waals surface area contributed by atoms with E-state index in [2.05, 4.69) is 6.92 Å². The van der Waals surface area contributed by atoms with Crippen LogP contribution in [0.25, 0.3) is 0 Å². The van der Waals surface area contributed by atoms with Gasteiger partial charge >= 0.3 is 0 Å². The van der Waals surface area contributed by atoms with Crippen LogP contribution in [0.3, 0.4) is 0 Å². The highest BCUT2D eigenvalue weighted by atomic mass is 16.2. The second-order valence-electron chi connectivity index (χ2n) is 4.00. The van der Waals surface area contributed by atoms with Crippen molar-refractivity contribution in [3.05, 3.63) is 35.9 Å². The van der Waals surface area contributed by atoms with Crippen molar-refractivity contribution in [2.45, 2.75) is 25.8 Å².